The predicted octanol–water partition coefficient (Wildman–Crippen LogP) is 1.98. The van der Waals surface area contributed by atoms with Crippen LogP contribution in [0.5, 0.6) is 5.75 Å². The highest BCUT2D eigenvalue weighted by Crippen LogP contribution is 2.29. The zero-order valence-corrected chi connectivity index (χ0v) is 9.20. The average molecular weight is 206 g/mol. The van der Waals surface area contributed by atoms with Gasteiger partial charge in [0.1, 0.15) is 5.75 Å². The quantitative estimate of drug-likeness (QED) is 0.772. The summed E-state index contributed by atoms with van der Waals surface area (Å²) < 4.78 is 5.61. The van der Waals surface area contributed by atoms with Gasteiger partial charge in [-0.25, -0.2) is 0 Å². The highest BCUT2D eigenvalue weighted by Gasteiger charge is 2.21. The summed E-state index contributed by atoms with van der Waals surface area (Å²) in [6.45, 7) is 4.75. The summed E-state index contributed by atoms with van der Waals surface area (Å²) in [4.78, 5) is 4.33. The van der Waals surface area contributed by atoms with Crippen LogP contribution >= 0.6 is 0 Å². The van der Waals surface area contributed by atoms with Crippen molar-refractivity contribution < 1.29 is 4.74 Å². The molecule has 1 aromatic rings. The molecule has 0 aliphatic heterocycles. The second-order valence-electron chi connectivity index (χ2n) is 4.02. The van der Waals surface area contributed by atoms with E-state index in [2.05, 4.69) is 17.2 Å². The van der Waals surface area contributed by atoms with E-state index < -0.39 is 0 Å². The Labute approximate surface area is 90.9 Å². The molecule has 15 heavy (non-hydrogen) atoms. The van der Waals surface area contributed by atoms with Gasteiger partial charge in [-0.15, -0.1) is 0 Å². The molecule has 0 amide bonds. The van der Waals surface area contributed by atoms with Gasteiger partial charge in [0.2, 0.25) is 0 Å². The van der Waals surface area contributed by atoms with Crippen molar-refractivity contribution >= 4 is 0 Å². The van der Waals surface area contributed by atoms with Gasteiger partial charge in [0.05, 0.1) is 18.5 Å². The summed E-state index contributed by atoms with van der Waals surface area (Å²) in [6, 6.07) is 4.02. The van der Waals surface area contributed by atoms with Crippen LogP contribution in [0.1, 0.15) is 25.5 Å². The normalized spacial score (nSPS) is 15.3. The van der Waals surface area contributed by atoms with Crippen molar-refractivity contribution in [3.8, 4) is 5.75 Å². The van der Waals surface area contributed by atoms with Gasteiger partial charge in [0.25, 0.3) is 0 Å². The summed E-state index contributed by atoms with van der Waals surface area (Å²) in [5.74, 6) is 1.69. The van der Waals surface area contributed by atoms with Crippen LogP contribution < -0.4 is 10.1 Å². The van der Waals surface area contributed by atoms with E-state index in [9.17, 15) is 0 Å². The fourth-order valence-corrected chi connectivity index (χ4v) is 1.35. The average Bonchev–Trinajstić information content (AvgIpc) is 3.09. The number of aromatic nitrogens is 1. The molecule has 0 aromatic carbocycles. The van der Waals surface area contributed by atoms with Crippen LogP contribution in [0.25, 0.3) is 0 Å². The molecule has 0 bridgehead atoms. The Balaban J connectivity index is 1.79. The minimum atomic E-state index is 0.798. The smallest absolute Gasteiger partial charge is 0.137 e. The van der Waals surface area contributed by atoms with Crippen molar-refractivity contribution in [3.05, 3.63) is 24.0 Å². The summed E-state index contributed by atoms with van der Waals surface area (Å²) >= 11 is 0. The van der Waals surface area contributed by atoms with Gasteiger partial charge in [-0.05, 0) is 37.4 Å². The molecular formula is C12H18N2O. The monoisotopic (exact) mass is 206 g/mol. The van der Waals surface area contributed by atoms with E-state index in [0.717, 1.165) is 37.1 Å². The second kappa shape index (κ2) is 5.12. The molecule has 0 saturated heterocycles. The predicted molar refractivity (Wildman–Crippen MR) is 59.8 cm³/mol. The first-order chi connectivity index (χ1) is 7.38. The standard InChI is InChI=1S/C12H18N2O/c1-2-13-7-11-5-6-12(8-14-11)15-9-10-3-4-10/h5-6,8,10,13H,2-4,7,9H2,1H3. The maximum atomic E-state index is 5.61. The van der Waals surface area contributed by atoms with Gasteiger partial charge < -0.3 is 10.1 Å². The maximum Gasteiger partial charge on any atom is 0.137 e. The van der Waals surface area contributed by atoms with E-state index in [1.165, 1.54) is 12.8 Å². The lowest BCUT2D eigenvalue weighted by Gasteiger charge is -2.05. The molecule has 0 radical (unpaired) electrons. The van der Waals surface area contributed by atoms with Crippen LogP contribution in [-0.2, 0) is 6.54 Å². The SMILES string of the molecule is CCNCc1ccc(OCC2CC2)cn1. The molecule has 2 rings (SSSR count). The second-order valence-corrected chi connectivity index (χ2v) is 4.02. The largest absolute Gasteiger partial charge is 0.492 e. The molecule has 1 aliphatic carbocycles. The van der Waals surface area contributed by atoms with E-state index >= 15 is 0 Å². The van der Waals surface area contributed by atoms with Crippen molar-refractivity contribution in [1.82, 2.24) is 10.3 Å². The van der Waals surface area contributed by atoms with E-state index in [1.807, 2.05) is 18.3 Å². The van der Waals surface area contributed by atoms with Crippen LogP contribution in [0.15, 0.2) is 18.3 Å². The first kappa shape index (κ1) is 10.4. The van der Waals surface area contributed by atoms with Crippen molar-refractivity contribution in [2.24, 2.45) is 5.92 Å². The number of nitrogens with one attached hydrogen (secondary N) is 1. The Bertz CT molecular complexity index is 293. The van der Waals surface area contributed by atoms with Gasteiger partial charge >= 0.3 is 0 Å². The van der Waals surface area contributed by atoms with Crippen LogP contribution in [0.2, 0.25) is 0 Å². The molecule has 0 atom stereocenters. The minimum Gasteiger partial charge on any atom is -0.492 e. The summed E-state index contributed by atoms with van der Waals surface area (Å²) in [6.07, 6.45) is 4.47. The maximum absolute atomic E-state index is 5.61. The van der Waals surface area contributed by atoms with Gasteiger partial charge in [-0.2, -0.15) is 0 Å². The Morgan fingerprint density at radius 2 is 2.33 bits per heavy atom. The number of ether oxygens (including phenoxy) is 1. The molecule has 1 saturated carbocycles. The lowest BCUT2D eigenvalue weighted by molar-refractivity contribution is 0.298. The van der Waals surface area contributed by atoms with Crippen molar-refractivity contribution in [2.45, 2.75) is 26.3 Å². The van der Waals surface area contributed by atoms with Crippen molar-refractivity contribution in [3.63, 3.8) is 0 Å². The van der Waals surface area contributed by atoms with Crippen LogP contribution in [0, 0.1) is 5.92 Å². The minimum absolute atomic E-state index is 0.798. The molecule has 3 heteroatoms. The third-order valence-corrected chi connectivity index (χ3v) is 2.54. The first-order valence-corrected chi connectivity index (χ1v) is 5.67. The van der Waals surface area contributed by atoms with Gasteiger partial charge in [0.15, 0.2) is 0 Å². The lowest BCUT2D eigenvalue weighted by Crippen LogP contribution is -2.12. The van der Waals surface area contributed by atoms with E-state index in [1.54, 1.807) is 0 Å². The molecule has 0 spiro atoms. The number of pyridine rings is 1. The van der Waals surface area contributed by atoms with Crippen LogP contribution in [0.3, 0.4) is 0 Å². The summed E-state index contributed by atoms with van der Waals surface area (Å²) in [5.41, 5.74) is 1.07. The topological polar surface area (TPSA) is 34.1 Å². The third-order valence-electron chi connectivity index (χ3n) is 2.54. The number of nitrogens with zero attached hydrogens (tertiary/aromatic N) is 1. The Kier molecular flexibility index (Phi) is 3.56. The molecule has 1 fully saturated rings. The molecular weight excluding hydrogens is 188 g/mol. The fraction of sp³-hybridized carbons (Fsp3) is 0.583. The summed E-state index contributed by atoms with van der Waals surface area (Å²) in [5, 5.41) is 3.24. The molecule has 1 heterocycles. The highest BCUT2D eigenvalue weighted by molar-refractivity contribution is 5.19. The van der Waals surface area contributed by atoms with Crippen molar-refractivity contribution in [1.29, 1.82) is 0 Å². The van der Waals surface area contributed by atoms with E-state index in [4.69, 9.17) is 4.74 Å². The molecule has 3 nitrogen and oxygen atoms in total. The number of rotatable bonds is 6. The Morgan fingerprint density at radius 1 is 1.47 bits per heavy atom. The van der Waals surface area contributed by atoms with Crippen LogP contribution in [0.4, 0.5) is 0 Å². The van der Waals surface area contributed by atoms with E-state index in [0.29, 0.717) is 0 Å². The Hall–Kier alpha value is -1.09. The third kappa shape index (κ3) is 3.51. The molecule has 82 valence electrons. The Morgan fingerprint density at radius 3 is 2.93 bits per heavy atom. The lowest BCUT2D eigenvalue weighted by atomic mass is 10.3. The van der Waals surface area contributed by atoms with Gasteiger partial charge in [-0.3, -0.25) is 4.98 Å². The first-order valence-electron chi connectivity index (χ1n) is 5.67. The van der Waals surface area contributed by atoms with E-state index in [-0.39, 0.29) is 0 Å². The van der Waals surface area contributed by atoms with Gasteiger partial charge in [0, 0.05) is 6.54 Å². The molecule has 1 aliphatic rings. The fourth-order valence-electron chi connectivity index (χ4n) is 1.35. The molecule has 0 unspecified atom stereocenters. The number of hydrogen-bond donors (Lipinski definition) is 1. The summed E-state index contributed by atoms with van der Waals surface area (Å²) in [7, 11) is 0. The van der Waals surface area contributed by atoms with Crippen LogP contribution in [-0.4, -0.2) is 18.1 Å². The highest BCUT2D eigenvalue weighted by atomic mass is 16.5. The van der Waals surface area contributed by atoms with Crippen molar-refractivity contribution in [2.75, 3.05) is 13.2 Å². The molecule has 1 N–H and O–H groups in total. The molecule has 1 aromatic heterocycles. The van der Waals surface area contributed by atoms with Gasteiger partial charge in [-0.1, -0.05) is 6.92 Å². The zero-order valence-electron chi connectivity index (χ0n) is 9.20. The number of hydrogen-bond acceptors (Lipinski definition) is 3. The zero-order chi connectivity index (χ0) is 10.5.